The first kappa shape index (κ1) is 13.6. The molecule has 4 rings (SSSR count). The summed E-state index contributed by atoms with van der Waals surface area (Å²) in [5, 5.41) is 8.78. The third-order valence-corrected chi connectivity index (χ3v) is 7.11. The molecule has 0 amide bonds. The summed E-state index contributed by atoms with van der Waals surface area (Å²) in [6.45, 7) is 2.09. The number of hydrogen-bond donors (Lipinski definition) is 1. The maximum absolute atomic E-state index is 11.9. The van der Waals surface area contributed by atoms with Gasteiger partial charge in [-0.2, -0.15) is 0 Å². The number of carbonyl (C=O) groups is 2. The Balaban J connectivity index is 1.55. The normalized spacial score (nSPS) is 49.4. The summed E-state index contributed by atoms with van der Waals surface area (Å²) in [6, 6.07) is 0. The zero-order valence-electron chi connectivity index (χ0n) is 12.6. The van der Waals surface area contributed by atoms with Crippen LogP contribution in [0.15, 0.2) is 0 Å². The predicted molar refractivity (Wildman–Crippen MR) is 75.4 cm³/mol. The van der Waals surface area contributed by atoms with Gasteiger partial charge in [0.2, 0.25) is 0 Å². The van der Waals surface area contributed by atoms with Gasteiger partial charge >= 0.3 is 11.9 Å². The molecule has 0 spiro atoms. The van der Waals surface area contributed by atoms with Crippen molar-refractivity contribution in [2.75, 3.05) is 0 Å². The van der Waals surface area contributed by atoms with E-state index in [-0.39, 0.29) is 5.60 Å². The zero-order chi connectivity index (χ0) is 14.8. The molecule has 0 radical (unpaired) electrons. The molecule has 0 heterocycles. The van der Waals surface area contributed by atoms with Crippen LogP contribution in [-0.4, -0.2) is 22.6 Å². The Morgan fingerprint density at radius 2 is 1.86 bits per heavy atom. The summed E-state index contributed by atoms with van der Waals surface area (Å²) in [4.78, 5) is 22.6. The van der Waals surface area contributed by atoms with Crippen molar-refractivity contribution in [3.05, 3.63) is 0 Å². The second-order valence-corrected chi connectivity index (χ2v) is 7.76. The molecule has 0 aliphatic heterocycles. The molecule has 4 aliphatic carbocycles. The quantitative estimate of drug-likeness (QED) is 0.491. The Morgan fingerprint density at radius 3 is 2.52 bits per heavy atom. The highest BCUT2D eigenvalue weighted by molar-refractivity contribution is 5.90. The number of aliphatic carboxylic acids is 1. The Labute approximate surface area is 125 Å². The van der Waals surface area contributed by atoms with Crippen molar-refractivity contribution in [1.82, 2.24) is 0 Å². The molecule has 0 aromatic carbocycles. The van der Waals surface area contributed by atoms with Crippen LogP contribution in [0.4, 0.5) is 0 Å². The van der Waals surface area contributed by atoms with Gasteiger partial charge < -0.3 is 9.84 Å². The van der Waals surface area contributed by atoms with Gasteiger partial charge in [-0.1, -0.05) is 6.92 Å². The van der Waals surface area contributed by atoms with Crippen LogP contribution in [0.2, 0.25) is 0 Å². The highest BCUT2D eigenvalue weighted by Gasteiger charge is 2.67. The topological polar surface area (TPSA) is 63.6 Å². The number of fused-ring (bicyclic) bond motifs is 9. The van der Waals surface area contributed by atoms with E-state index in [4.69, 9.17) is 9.84 Å². The van der Waals surface area contributed by atoms with E-state index in [9.17, 15) is 9.59 Å². The number of carboxylic acid groups (broad SMARTS) is 1. The van der Waals surface area contributed by atoms with Crippen LogP contribution in [0.25, 0.3) is 0 Å². The van der Waals surface area contributed by atoms with E-state index in [0.29, 0.717) is 11.8 Å². The van der Waals surface area contributed by atoms with E-state index < -0.39 is 18.4 Å². The molecular weight excluding hydrogens is 268 g/mol. The van der Waals surface area contributed by atoms with Gasteiger partial charge in [-0.05, 0) is 68.1 Å². The number of carboxylic acids is 1. The third kappa shape index (κ3) is 1.80. The summed E-state index contributed by atoms with van der Waals surface area (Å²) >= 11 is 0. The number of rotatable bonds is 4. The van der Waals surface area contributed by atoms with Gasteiger partial charge in [0.15, 0.2) is 0 Å². The van der Waals surface area contributed by atoms with Crippen molar-refractivity contribution in [3.8, 4) is 0 Å². The molecule has 0 saturated heterocycles. The zero-order valence-corrected chi connectivity index (χ0v) is 12.6. The molecule has 4 nitrogen and oxygen atoms in total. The second-order valence-electron chi connectivity index (χ2n) is 7.76. The molecule has 7 atom stereocenters. The summed E-state index contributed by atoms with van der Waals surface area (Å²) in [6.07, 6.45) is 6.68. The summed E-state index contributed by atoms with van der Waals surface area (Å²) in [5.41, 5.74) is -0.358. The van der Waals surface area contributed by atoms with Crippen LogP contribution in [0, 0.1) is 35.5 Å². The van der Waals surface area contributed by atoms with Crippen LogP contribution in [-0.2, 0) is 14.3 Å². The number of esters is 1. The van der Waals surface area contributed by atoms with E-state index >= 15 is 0 Å². The molecule has 21 heavy (non-hydrogen) atoms. The van der Waals surface area contributed by atoms with E-state index in [2.05, 4.69) is 6.92 Å². The molecule has 7 unspecified atom stereocenters. The van der Waals surface area contributed by atoms with Crippen LogP contribution < -0.4 is 0 Å². The van der Waals surface area contributed by atoms with Crippen molar-refractivity contribution in [3.63, 3.8) is 0 Å². The summed E-state index contributed by atoms with van der Waals surface area (Å²) in [5.74, 6) is 2.98. The van der Waals surface area contributed by atoms with Crippen molar-refractivity contribution < 1.29 is 19.4 Å². The standard InChI is InChI=1S/C17H24O4/c1-2-17(21-14(20)7-13(18)19)8-11-6-12(17)16-10-4-3-9(5-10)15(11)16/h9-12,15-16H,2-8H2,1H3,(H,18,19). The molecule has 4 saturated carbocycles. The molecule has 4 heteroatoms. The minimum Gasteiger partial charge on any atom is -0.481 e. The smallest absolute Gasteiger partial charge is 0.317 e. The largest absolute Gasteiger partial charge is 0.481 e. The van der Waals surface area contributed by atoms with Gasteiger partial charge in [-0.3, -0.25) is 9.59 Å². The van der Waals surface area contributed by atoms with Crippen molar-refractivity contribution in [2.24, 2.45) is 35.5 Å². The fourth-order valence-electron chi connectivity index (χ4n) is 6.68. The SMILES string of the molecule is CCC1(OC(=O)CC(=O)O)CC2CC1C1C3CCC(C3)C21. The fourth-order valence-corrected chi connectivity index (χ4v) is 6.68. The minimum absolute atomic E-state index is 0.358. The minimum atomic E-state index is -1.09. The molecular formula is C17H24O4. The Kier molecular flexibility index (Phi) is 2.89. The predicted octanol–water partition coefficient (Wildman–Crippen LogP) is 2.86. The van der Waals surface area contributed by atoms with E-state index in [1.807, 2.05) is 0 Å². The lowest BCUT2D eigenvalue weighted by molar-refractivity contribution is -0.174. The van der Waals surface area contributed by atoms with Gasteiger partial charge in [0, 0.05) is 5.92 Å². The van der Waals surface area contributed by atoms with E-state index in [1.54, 1.807) is 0 Å². The first-order chi connectivity index (χ1) is 10.0. The lowest BCUT2D eigenvalue weighted by atomic mass is 9.65. The van der Waals surface area contributed by atoms with Gasteiger partial charge in [-0.15, -0.1) is 0 Å². The molecule has 116 valence electrons. The van der Waals surface area contributed by atoms with Crippen LogP contribution in [0.3, 0.4) is 0 Å². The fraction of sp³-hybridized carbons (Fsp3) is 0.882. The maximum Gasteiger partial charge on any atom is 0.317 e. The average molecular weight is 292 g/mol. The molecule has 0 aromatic heterocycles. The first-order valence-corrected chi connectivity index (χ1v) is 8.47. The van der Waals surface area contributed by atoms with Crippen LogP contribution >= 0.6 is 0 Å². The highest BCUT2D eigenvalue weighted by Crippen LogP contribution is 2.70. The maximum atomic E-state index is 11.9. The molecule has 4 aliphatic rings. The monoisotopic (exact) mass is 292 g/mol. The summed E-state index contributed by atoms with van der Waals surface area (Å²) in [7, 11) is 0. The van der Waals surface area contributed by atoms with Gasteiger partial charge in [0.25, 0.3) is 0 Å². The third-order valence-electron chi connectivity index (χ3n) is 7.11. The van der Waals surface area contributed by atoms with E-state index in [0.717, 1.165) is 36.5 Å². The number of ether oxygens (including phenoxy) is 1. The molecule has 1 N–H and O–H groups in total. The second kappa shape index (κ2) is 4.47. The Morgan fingerprint density at radius 1 is 1.14 bits per heavy atom. The van der Waals surface area contributed by atoms with Gasteiger partial charge in [0.05, 0.1) is 0 Å². The van der Waals surface area contributed by atoms with E-state index in [1.165, 1.54) is 25.7 Å². The van der Waals surface area contributed by atoms with Crippen LogP contribution in [0.1, 0.15) is 51.9 Å². The number of carbonyl (C=O) groups excluding carboxylic acids is 1. The Bertz CT molecular complexity index is 487. The van der Waals surface area contributed by atoms with Gasteiger partial charge in [-0.25, -0.2) is 0 Å². The summed E-state index contributed by atoms with van der Waals surface area (Å²) < 4.78 is 5.79. The van der Waals surface area contributed by atoms with Crippen LogP contribution in [0.5, 0.6) is 0 Å². The lowest BCUT2D eigenvalue weighted by Crippen LogP contribution is -2.47. The Hall–Kier alpha value is -1.06. The highest BCUT2D eigenvalue weighted by atomic mass is 16.6. The average Bonchev–Trinajstić information content (AvgIpc) is 3.15. The van der Waals surface area contributed by atoms with Crippen molar-refractivity contribution in [2.45, 2.75) is 57.5 Å². The lowest BCUT2D eigenvalue weighted by Gasteiger charge is -2.45. The van der Waals surface area contributed by atoms with Crippen molar-refractivity contribution >= 4 is 11.9 Å². The first-order valence-electron chi connectivity index (χ1n) is 8.47. The van der Waals surface area contributed by atoms with Gasteiger partial charge in [0.1, 0.15) is 12.0 Å². The molecule has 4 bridgehead atoms. The molecule has 4 fully saturated rings. The number of hydrogen-bond acceptors (Lipinski definition) is 3. The van der Waals surface area contributed by atoms with Crippen molar-refractivity contribution in [1.29, 1.82) is 0 Å². The molecule has 0 aromatic rings.